The molecule has 3 nitrogen and oxygen atoms in total. The number of alkyl halides is 3. The zero-order valence-electron chi connectivity index (χ0n) is 23.6. The number of carboxylic acid groups (broad SMARTS) is 1. The van der Waals surface area contributed by atoms with E-state index in [1.54, 1.807) is 77.0 Å². The van der Waals surface area contributed by atoms with Gasteiger partial charge in [-0.25, -0.2) is 4.79 Å². The second-order valence-electron chi connectivity index (χ2n) is 11.5. The summed E-state index contributed by atoms with van der Waals surface area (Å²) in [5, 5.41) is 7.12. The Labute approximate surface area is 243 Å². The predicted octanol–water partition coefficient (Wildman–Crippen LogP) is 8.81. The van der Waals surface area contributed by atoms with Crippen molar-refractivity contribution >= 4 is 13.2 Å². The molecule has 38 heavy (non-hydrogen) atoms. The van der Waals surface area contributed by atoms with Crippen LogP contribution in [-0.4, -0.2) is 59.9 Å². The largest absolute Gasteiger partial charge is 2.00 e. The van der Waals surface area contributed by atoms with E-state index >= 15 is 0 Å². The summed E-state index contributed by atoms with van der Waals surface area (Å²) in [7, 11) is 3.42. The van der Waals surface area contributed by atoms with E-state index in [1.165, 1.54) is 41.8 Å². The van der Waals surface area contributed by atoms with Gasteiger partial charge in [-0.1, -0.05) is 19.3 Å². The van der Waals surface area contributed by atoms with Gasteiger partial charge in [0.15, 0.2) is 0 Å². The minimum Gasteiger partial charge on any atom is -0.475 e. The Hall–Kier alpha value is -0.468. The van der Waals surface area contributed by atoms with Gasteiger partial charge in [-0.15, -0.1) is 5.56 Å². The number of aliphatic carboxylic acids is 1. The van der Waals surface area contributed by atoms with E-state index in [0.717, 1.165) is 6.54 Å². The van der Waals surface area contributed by atoms with E-state index in [1.807, 2.05) is 18.2 Å². The van der Waals surface area contributed by atoms with Crippen LogP contribution in [0.15, 0.2) is 24.3 Å². The van der Waals surface area contributed by atoms with Crippen molar-refractivity contribution in [2.75, 3.05) is 20.8 Å². The summed E-state index contributed by atoms with van der Waals surface area (Å²) >= 11 is 0. The van der Waals surface area contributed by atoms with Crippen molar-refractivity contribution in [2.45, 2.75) is 126 Å². The van der Waals surface area contributed by atoms with Crippen LogP contribution < -0.4 is 0 Å². The van der Waals surface area contributed by atoms with E-state index in [2.05, 4.69) is 37.8 Å². The summed E-state index contributed by atoms with van der Waals surface area (Å²) in [6.07, 6.45) is 18.5. The van der Waals surface area contributed by atoms with Crippen LogP contribution in [0.1, 0.15) is 102 Å². The molecule has 0 amide bonds. The van der Waals surface area contributed by atoms with E-state index in [9.17, 15) is 13.2 Å². The SMILES string of the molecule is CN(C)Cc1[c-]cccc1.C[P+](C1CCCCC1)(C1CCCCC1)C1CCCCC1.O=C(O)C(F)(F)F.[Pd+2]. The third-order valence-electron chi connectivity index (χ3n) is 8.59. The number of benzene rings is 1. The molecular formula is C30H49F3NO2PPd+2. The second-order valence-corrected chi connectivity index (χ2v) is 16.2. The first-order valence-electron chi connectivity index (χ1n) is 14.3. The summed E-state index contributed by atoms with van der Waals surface area (Å²) in [5.41, 5.74) is 4.79. The topological polar surface area (TPSA) is 40.5 Å². The molecule has 0 spiro atoms. The quantitative estimate of drug-likeness (QED) is 0.197. The maximum Gasteiger partial charge on any atom is 2.00 e. The average Bonchev–Trinajstić information content (AvgIpc) is 2.90. The molecule has 0 aliphatic heterocycles. The first kappa shape index (κ1) is 35.6. The first-order chi connectivity index (χ1) is 17.5. The molecule has 220 valence electrons. The molecule has 0 bridgehead atoms. The molecule has 3 aliphatic carbocycles. The van der Waals surface area contributed by atoms with Crippen molar-refractivity contribution in [1.82, 2.24) is 4.90 Å². The fraction of sp³-hybridized carbons (Fsp3) is 0.767. The van der Waals surface area contributed by atoms with Crippen LogP contribution in [0.3, 0.4) is 0 Å². The summed E-state index contributed by atoms with van der Waals surface area (Å²) in [6.45, 7) is 3.84. The van der Waals surface area contributed by atoms with Crippen LogP contribution in [0, 0.1) is 6.07 Å². The number of carbonyl (C=O) groups is 1. The van der Waals surface area contributed by atoms with Gasteiger partial charge < -0.3 is 10.0 Å². The molecule has 3 fully saturated rings. The third-order valence-corrected chi connectivity index (χ3v) is 14.9. The van der Waals surface area contributed by atoms with E-state index in [-0.39, 0.29) is 20.4 Å². The van der Waals surface area contributed by atoms with Crippen LogP contribution in [0.4, 0.5) is 13.2 Å². The van der Waals surface area contributed by atoms with Gasteiger partial charge in [-0.2, -0.15) is 43.5 Å². The predicted molar refractivity (Wildman–Crippen MR) is 150 cm³/mol. The maximum absolute atomic E-state index is 10.6. The molecule has 0 aromatic heterocycles. The molecule has 0 saturated heterocycles. The molecule has 0 atom stereocenters. The van der Waals surface area contributed by atoms with Crippen molar-refractivity contribution in [3.63, 3.8) is 0 Å². The van der Waals surface area contributed by atoms with Crippen molar-refractivity contribution in [3.8, 4) is 0 Å². The monoisotopic (exact) mass is 649 g/mol. The fourth-order valence-corrected chi connectivity index (χ4v) is 12.9. The number of hydrogen-bond donors (Lipinski definition) is 1. The maximum atomic E-state index is 10.6. The second kappa shape index (κ2) is 18.1. The molecule has 8 heteroatoms. The number of hydrogen-bond acceptors (Lipinski definition) is 2. The molecule has 1 aromatic carbocycles. The fourth-order valence-electron chi connectivity index (χ4n) is 6.68. The van der Waals surface area contributed by atoms with Crippen LogP contribution in [0.2, 0.25) is 0 Å². The molecule has 1 aromatic rings. The Balaban J connectivity index is 0.000000337. The number of halogens is 3. The third kappa shape index (κ3) is 12.0. The molecule has 4 rings (SSSR count). The summed E-state index contributed by atoms with van der Waals surface area (Å²) in [5.74, 6) is -2.76. The number of rotatable bonds is 5. The Morgan fingerprint density at radius 3 is 1.50 bits per heavy atom. The molecule has 1 N–H and O–H groups in total. The molecule has 0 unspecified atom stereocenters. The zero-order chi connectivity index (χ0) is 27.3. The summed E-state index contributed by atoms with van der Waals surface area (Å²) in [6, 6.07) is 11.2. The normalized spacial score (nSPS) is 19.9. The van der Waals surface area contributed by atoms with Gasteiger partial charge in [0.05, 0.1) is 17.0 Å². The van der Waals surface area contributed by atoms with Gasteiger partial charge in [-0.3, -0.25) is 0 Å². The minimum atomic E-state index is -5.08. The Kier molecular flexibility index (Phi) is 16.9. The zero-order valence-corrected chi connectivity index (χ0v) is 26.0. The van der Waals surface area contributed by atoms with Gasteiger partial charge in [-0.05, 0) is 91.1 Å². The van der Waals surface area contributed by atoms with Gasteiger partial charge in [0.1, 0.15) is 0 Å². The van der Waals surface area contributed by atoms with Crippen LogP contribution >= 0.6 is 7.26 Å². The van der Waals surface area contributed by atoms with Crippen LogP contribution in [0.5, 0.6) is 0 Å². The van der Waals surface area contributed by atoms with Crippen molar-refractivity contribution in [1.29, 1.82) is 0 Å². The summed E-state index contributed by atoms with van der Waals surface area (Å²) in [4.78, 5) is 11.0. The van der Waals surface area contributed by atoms with Crippen molar-refractivity contribution < 1.29 is 43.5 Å². The van der Waals surface area contributed by atoms with Crippen molar-refractivity contribution in [3.05, 3.63) is 35.9 Å². The standard InChI is InChI=1S/C19H36P.C9H12N.C2HF3O2.Pd/c1-20(17-11-5-2-6-12-17,18-13-7-3-8-14-18)19-15-9-4-10-16-19;1-10(2)8-9-6-4-3-5-7-9;3-2(4,5)1(6)7;/h17-19H,2-16H2,1H3;3-6H,8H2,1-2H3;(H,6,7);/q+1;-1;;+2. The molecule has 0 radical (unpaired) electrons. The van der Waals surface area contributed by atoms with Gasteiger partial charge in [0, 0.05) is 20.5 Å². The van der Waals surface area contributed by atoms with Crippen molar-refractivity contribution in [2.24, 2.45) is 0 Å². The average molecular weight is 650 g/mol. The van der Waals surface area contributed by atoms with Gasteiger partial charge in [0.2, 0.25) is 0 Å². The molecular weight excluding hydrogens is 601 g/mol. The number of nitrogens with zero attached hydrogens (tertiary/aromatic N) is 1. The van der Waals surface area contributed by atoms with E-state index < -0.39 is 19.4 Å². The molecule has 3 aliphatic rings. The van der Waals surface area contributed by atoms with E-state index in [4.69, 9.17) is 9.90 Å². The van der Waals surface area contributed by atoms with Crippen LogP contribution in [0.25, 0.3) is 0 Å². The Morgan fingerprint density at radius 2 is 1.24 bits per heavy atom. The van der Waals surface area contributed by atoms with Gasteiger partial charge >= 0.3 is 32.6 Å². The van der Waals surface area contributed by atoms with Gasteiger partial charge in [0.25, 0.3) is 0 Å². The summed E-state index contributed by atoms with van der Waals surface area (Å²) < 4.78 is 31.7. The molecule has 3 saturated carbocycles. The van der Waals surface area contributed by atoms with E-state index in [0.29, 0.717) is 0 Å². The smallest absolute Gasteiger partial charge is 0.475 e. The Morgan fingerprint density at radius 1 is 0.868 bits per heavy atom. The molecule has 0 heterocycles. The van der Waals surface area contributed by atoms with Crippen LogP contribution in [-0.2, 0) is 31.8 Å². The Bertz CT molecular complexity index is 715. The minimum absolute atomic E-state index is 0. The first-order valence-corrected chi connectivity index (χ1v) is 16.8. The number of carboxylic acids is 1.